The standard InChI is InChI=1S/C27H32N2O4/c1-20(2)33-26(31)19-24(22-11-7-4-8-12-22)28-27(32)23-15-17-29(18-16-23)25(30)14-13-21-9-5-3-6-10-21/h3-14,20,23-24H,15-19H2,1-2H3,(H,28,32)/b14-13+. The van der Waals surface area contributed by atoms with Crippen LogP contribution in [0.15, 0.2) is 66.7 Å². The second-order valence-corrected chi connectivity index (χ2v) is 8.56. The van der Waals surface area contributed by atoms with Gasteiger partial charge in [0.2, 0.25) is 11.8 Å². The first-order chi connectivity index (χ1) is 15.9. The molecule has 174 valence electrons. The number of carbonyl (C=O) groups excluding carboxylic acids is 3. The molecule has 1 aliphatic heterocycles. The number of nitrogens with one attached hydrogen (secondary N) is 1. The van der Waals surface area contributed by atoms with Crippen LogP contribution in [0, 0.1) is 5.92 Å². The highest BCUT2D eigenvalue weighted by molar-refractivity contribution is 5.92. The highest BCUT2D eigenvalue weighted by atomic mass is 16.5. The number of rotatable bonds is 8. The maximum absolute atomic E-state index is 13.0. The van der Waals surface area contributed by atoms with Crippen LogP contribution in [0.4, 0.5) is 0 Å². The molecule has 6 nitrogen and oxygen atoms in total. The zero-order chi connectivity index (χ0) is 23.6. The summed E-state index contributed by atoms with van der Waals surface area (Å²) in [6.45, 7) is 4.67. The van der Waals surface area contributed by atoms with Gasteiger partial charge in [0.25, 0.3) is 0 Å². The van der Waals surface area contributed by atoms with Crippen LogP contribution in [0.3, 0.4) is 0 Å². The van der Waals surface area contributed by atoms with Crippen molar-refractivity contribution in [1.29, 1.82) is 0 Å². The minimum absolute atomic E-state index is 0.0451. The smallest absolute Gasteiger partial charge is 0.308 e. The summed E-state index contributed by atoms with van der Waals surface area (Å²) in [5.41, 5.74) is 1.84. The van der Waals surface area contributed by atoms with E-state index in [1.54, 1.807) is 24.8 Å². The van der Waals surface area contributed by atoms with Crippen molar-refractivity contribution in [2.45, 2.75) is 45.3 Å². The third kappa shape index (κ3) is 7.59. The first-order valence-electron chi connectivity index (χ1n) is 11.5. The fourth-order valence-corrected chi connectivity index (χ4v) is 3.90. The number of benzene rings is 2. The number of ether oxygens (including phenoxy) is 1. The van der Waals surface area contributed by atoms with Crippen molar-refractivity contribution < 1.29 is 19.1 Å². The lowest BCUT2D eigenvalue weighted by Gasteiger charge is -2.31. The monoisotopic (exact) mass is 448 g/mol. The average Bonchev–Trinajstić information content (AvgIpc) is 2.83. The summed E-state index contributed by atoms with van der Waals surface area (Å²) in [6.07, 6.45) is 4.45. The molecule has 3 rings (SSSR count). The molecule has 2 amide bonds. The lowest BCUT2D eigenvalue weighted by atomic mass is 9.94. The molecular weight excluding hydrogens is 416 g/mol. The minimum atomic E-state index is -0.446. The van der Waals surface area contributed by atoms with Gasteiger partial charge in [-0.3, -0.25) is 14.4 Å². The zero-order valence-corrected chi connectivity index (χ0v) is 19.3. The molecule has 0 saturated carbocycles. The predicted octanol–water partition coefficient (Wildman–Crippen LogP) is 4.14. The molecular formula is C27H32N2O4. The van der Waals surface area contributed by atoms with Gasteiger partial charge in [0.15, 0.2) is 0 Å². The van der Waals surface area contributed by atoms with Crippen molar-refractivity contribution in [2.75, 3.05) is 13.1 Å². The minimum Gasteiger partial charge on any atom is -0.463 e. The number of hydrogen-bond donors (Lipinski definition) is 1. The molecule has 1 atom stereocenters. The molecule has 2 aromatic carbocycles. The summed E-state index contributed by atoms with van der Waals surface area (Å²) < 4.78 is 5.28. The molecule has 0 radical (unpaired) electrons. The van der Waals surface area contributed by atoms with Gasteiger partial charge in [-0.2, -0.15) is 0 Å². The van der Waals surface area contributed by atoms with Gasteiger partial charge in [-0.05, 0) is 43.9 Å². The number of carbonyl (C=O) groups is 3. The molecule has 1 heterocycles. The van der Waals surface area contributed by atoms with Crippen LogP contribution in [-0.4, -0.2) is 41.9 Å². The Kier molecular flexibility index (Phi) is 8.81. The molecule has 0 aliphatic carbocycles. The topological polar surface area (TPSA) is 75.7 Å². The number of likely N-dealkylation sites (tertiary alicyclic amines) is 1. The van der Waals surface area contributed by atoms with E-state index < -0.39 is 6.04 Å². The van der Waals surface area contributed by atoms with Crippen LogP contribution >= 0.6 is 0 Å². The second-order valence-electron chi connectivity index (χ2n) is 8.56. The van der Waals surface area contributed by atoms with E-state index in [4.69, 9.17) is 4.74 Å². The summed E-state index contributed by atoms with van der Waals surface area (Å²) in [4.78, 5) is 39.5. The third-order valence-electron chi connectivity index (χ3n) is 5.65. The van der Waals surface area contributed by atoms with Crippen LogP contribution < -0.4 is 5.32 Å². The summed E-state index contributed by atoms with van der Waals surface area (Å²) in [6, 6.07) is 18.7. The first kappa shape index (κ1) is 24.2. The number of hydrogen-bond acceptors (Lipinski definition) is 4. The molecule has 1 fully saturated rings. The summed E-state index contributed by atoms with van der Waals surface area (Å²) in [5.74, 6) is -0.673. The Hall–Kier alpha value is -3.41. The highest BCUT2D eigenvalue weighted by Gasteiger charge is 2.29. The van der Waals surface area contributed by atoms with Gasteiger partial charge in [0.05, 0.1) is 18.6 Å². The lowest BCUT2D eigenvalue weighted by Crippen LogP contribution is -2.43. The van der Waals surface area contributed by atoms with Crippen LogP contribution in [0.2, 0.25) is 0 Å². The Labute approximate surface area is 195 Å². The van der Waals surface area contributed by atoms with Crippen molar-refractivity contribution in [3.63, 3.8) is 0 Å². The molecule has 1 aliphatic rings. The third-order valence-corrected chi connectivity index (χ3v) is 5.65. The van der Waals surface area contributed by atoms with E-state index in [1.165, 1.54) is 0 Å². The molecule has 1 unspecified atom stereocenters. The normalized spacial score (nSPS) is 15.4. The van der Waals surface area contributed by atoms with Gasteiger partial charge in [-0.25, -0.2) is 0 Å². The quantitative estimate of drug-likeness (QED) is 0.487. The summed E-state index contributed by atoms with van der Waals surface area (Å²) in [7, 11) is 0. The van der Waals surface area contributed by atoms with Crippen molar-refractivity contribution in [2.24, 2.45) is 5.92 Å². The average molecular weight is 449 g/mol. The van der Waals surface area contributed by atoms with Gasteiger partial charge < -0.3 is 15.0 Å². The van der Waals surface area contributed by atoms with Crippen LogP contribution in [0.1, 0.15) is 50.3 Å². The number of amides is 2. The van der Waals surface area contributed by atoms with Crippen LogP contribution in [0.5, 0.6) is 0 Å². The Morgan fingerprint density at radius 1 is 1.00 bits per heavy atom. The van der Waals surface area contributed by atoms with E-state index in [2.05, 4.69) is 5.32 Å². The van der Waals surface area contributed by atoms with Gasteiger partial charge in [0, 0.05) is 25.1 Å². The molecule has 0 aromatic heterocycles. The SMILES string of the molecule is CC(C)OC(=O)CC(NC(=O)C1CCN(C(=O)/C=C/c2ccccc2)CC1)c1ccccc1. The molecule has 1 saturated heterocycles. The Morgan fingerprint density at radius 3 is 2.21 bits per heavy atom. The Bertz CT molecular complexity index is 949. The highest BCUT2D eigenvalue weighted by Crippen LogP contribution is 2.22. The predicted molar refractivity (Wildman–Crippen MR) is 128 cm³/mol. The van der Waals surface area contributed by atoms with Gasteiger partial charge >= 0.3 is 5.97 Å². The largest absolute Gasteiger partial charge is 0.463 e. The lowest BCUT2D eigenvalue weighted by molar-refractivity contribution is -0.148. The summed E-state index contributed by atoms with van der Waals surface area (Å²) >= 11 is 0. The van der Waals surface area contributed by atoms with Gasteiger partial charge in [0.1, 0.15) is 0 Å². The van der Waals surface area contributed by atoms with Crippen molar-refractivity contribution in [3.8, 4) is 0 Å². The summed E-state index contributed by atoms with van der Waals surface area (Å²) in [5, 5.41) is 3.04. The van der Waals surface area contributed by atoms with E-state index in [9.17, 15) is 14.4 Å². The van der Waals surface area contributed by atoms with E-state index in [0.29, 0.717) is 25.9 Å². The first-order valence-corrected chi connectivity index (χ1v) is 11.5. The molecule has 0 bridgehead atoms. The maximum atomic E-state index is 13.0. The van der Waals surface area contributed by atoms with E-state index in [0.717, 1.165) is 11.1 Å². The van der Waals surface area contributed by atoms with Crippen molar-refractivity contribution in [3.05, 3.63) is 77.9 Å². The van der Waals surface area contributed by atoms with Crippen LogP contribution in [0.25, 0.3) is 6.08 Å². The fourth-order valence-electron chi connectivity index (χ4n) is 3.90. The Balaban J connectivity index is 1.55. The maximum Gasteiger partial charge on any atom is 0.308 e. The van der Waals surface area contributed by atoms with Gasteiger partial charge in [-0.15, -0.1) is 0 Å². The number of esters is 1. The molecule has 6 heteroatoms. The van der Waals surface area contributed by atoms with E-state index in [-0.39, 0.29) is 36.2 Å². The molecule has 33 heavy (non-hydrogen) atoms. The van der Waals surface area contributed by atoms with Gasteiger partial charge in [-0.1, -0.05) is 60.7 Å². The van der Waals surface area contributed by atoms with Crippen LogP contribution in [-0.2, 0) is 19.1 Å². The molecule has 0 spiro atoms. The van der Waals surface area contributed by atoms with E-state index >= 15 is 0 Å². The molecule has 1 N–H and O–H groups in total. The molecule has 2 aromatic rings. The zero-order valence-electron chi connectivity index (χ0n) is 19.3. The second kappa shape index (κ2) is 12.0. The van der Waals surface area contributed by atoms with Crippen molar-refractivity contribution >= 4 is 23.9 Å². The van der Waals surface area contributed by atoms with Crippen molar-refractivity contribution in [1.82, 2.24) is 10.2 Å². The number of piperidine rings is 1. The Morgan fingerprint density at radius 2 is 1.61 bits per heavy atom. The number of nitrogens with zero attached hydrogens (tertiary/aromatic N) is 1. The fraction of sp³-hybridized carbons (Fsp3) is 0.370. The van der Waals surface area contributed by atoms with E-state index in [1.807, 2.05) is 66.7 Å².